The molecule has 3 aromatic rings. The molecule has 0 saturated carbocycles. The molecule has 0 bridgehead atoms. The van der Waals surface area contributed by atoms with Crippen LogP contribution < -0.4 is 5.43 Å². The molecule has 0 spiro atoms. The second-order valence-electron chi connectivity index (χ2n) is 4.99. The minimum absolute atomic E-state index is 0.200. The van der Waals surface area contributed by atoms with Gasteiger partial charge in [-0.3, -0.25) is 4.79 Å². The van der Waals surface area contributed by atoms with E-state index in [-0.39, 0.29) is 5.69 Å². The maximum atomic E-state index is 13.5. The van der Waals surface area contributed by atoms with Crippen molar-refractivity contribution in [1.82, 2.24) is 15.2 Å². The van der Waals surface area contributed by atoms with E-state index in [1.54, 1.807) is 30.3 Å². The average molecular weight is 443 g/mol. The van der Waals surface area contributed by atoms with E-state index in [0.29, 0.717) is 4.68 Å². The minimum Gasteiger partial charge on any atom is -0.267 e. The SMILES string of the molecule is O=C(NN=Cc1ccc(Br)s1)c1cnn(-c2ccccc2)c1C(F)(F)F. The summed E-state index contributed by atoms with van der Waals surface area (Å²) in [5.41, 5.74) is 0.540. The Morgan fingerprint density at radius 2 is 1.96 bits per heavy atom. The van der Waals surface area contributed by atoms with Crippen molar-refractivity contribution in [2.24, 2.45) is 5.10 Å². The van der Waals surface area contributed by atoms with Crippen LogP contribution in [0.3, 0.4) is 0 Å². The lowest BCUT2D eigenvalue weighted by Gasteiger charge is -2.12. The average Bonchev–Trinajstić information content (AvgIpc) is 3.21. The molecule has 0 fully saturated rings. The number of hydrazone groups is 1. The highest BCUT2D eigenvalue weighted by Gasteiger charge is 2.40. The molecule has 1 N–H and O–H groups in total. The van der Waals surface area contributed by atoms with Crippen LogP contribution >= 0.6 is 27.3 Å². The Morgan fingerprint density at radius 3 is 2.58 bits per heavy atom. The van der Waals surface area contributed by atoms with Gasteiger partial charge in [0.2, 0.25) is 0 Å². The number of aromatic nitrogens is 2. The second-order valence-corrected chi connectivity index (χ2v) is 7.49. The van der Waals surface area contributed by atoms with E-state index in [4.69, 9.17) is 0 Å². The molecule has 0 atom stereocenters. The van der Waals surface area contributed by atoms with Gasteiger partial charge in [-0.25, -0.2) is 10.1 Å². The molecule has 134 valence electrons. The van der Waals surface area contributed by atoms with E-state index in [9.17, 15) is 18.0 Å². The predicted octanol–water partition coefficient (Wildman–Crippen LogP) is 4.48. The Morgan fingerprint density at radius 1 is 1.23 bits per heavy atom. The van der Waals surface area contributed by atoms with Gasteiger partial charge >= 0.3 is 6.18 Å². The standard InChI is InChI=1S/C16H10BrF3N4OS/c17-13-7-6-11(26-13)8-21-23-15(25)12-9-22-24(14(12)16(18,19)20)10-4-2-1-3-5-10/h1-9H,(H,23,25). The lowest BCUT2D eigenvalue weighted by Crippen LogP contribution is -2.23. The lowest BCUT2D eigenvalue weighted by molar-refractivity contribution is -0.143. The van der Waals surface area contributed by atoms with E-state index < -0.39 is 23.3 Å². The van der Waals surface area contributed by atoms with Crippen molar-refractivity contribution in [2.75, 3.05) is 0 Å². The number of para-hydroxylation sites is 1. The van der Waals surface area contributed by atoms with Crippen molar-refractivity contribution in [1.29, 1.82) is 0 Å². The number of hydrogen-bond acceptors (Lipinski definition) is 4. The maximum absolute atomic E-state index is 13.5. The molecule has 0 aliphatic carbocycles. The van der Waals surface area contributed by atoms with Gasteiger partial charge in [-0.2, -0.15) is 23.4 Å². The van der Waals surface area contributed by atoms with Crippen molar-refractivity contribution in [3.8, 4) is 5.69 Å². The van der Waals surface area contributed by atoms with Crippen LogP contribution in [0.4, 0.5) is 13.2 Å². The highest BCUT2D eigenvalue weighted by atomic mass is 79.9. The number of nitrogens with one attached hydrogen (secondary N) is 1. The van der Waals surface area contributed by atoms with Crippen LogP contribution in [0.1, 0.15) is 20.9 Å². The molecule has 2 heterocycles. The summed E-state index contributed by atoms with van der Waals surface area (Å²) in [5.74, 6) is -0.994. The van der Waals surface area contributed by atoms with Crippen LogP contribution in [0.2, 0.25) is 0 Å². The summed E-state index contributed by atoms with van der Waals surface area (Å²) < 4.78 is 42.0. The zero-order valence-electron chi connectivity index (χ0n) is 12.9. The van der Waals surface area contributed by atoms with Gasteiger partial charge in [-0.05, 0) is 40.2 Å². The largest absolute Gasteiger partial charge is 0.434 e. The van der Waals surface area contributed by atoms with E-state index in [0.717, 1.165) is 14.9 Å². The van der Waals surface area contributed by atoms with Gasteiger partial charge in [0, 0.05) is 4.88 Å². The first-order valence-electron chi connectivity index (χ1n) is 7.15. The molecule has 0 saturated heterocycles. The van der Waals surface area contributed by atoms with E-state index >= 15 is 0 Å². The molecule has 0 aliphatic heterocycles. The molecule has 0 radical (unpaired) electrons. The van der Waals surface area contributed by atoms with Gasteiger partial charge in [0.05, 0.1) is 27.4 Å². The minimum atomic E-state index is -4.76. The third-order valence-electron chi connectivity index (χ3n) is 3.23. The first kappa shape index (κ1) is 18.3. The van der Waals surface area contributed by atoms with Crippen LogP contribution in [0.5, 0.6) is 0 Å². The van der Waals surface area contributed by atoms with Gasteiger partial charge in [0.25, 0.3) is 5.91 Å². The topological polar surface area (TPSA) is 59.3 Å². The van der Waals surface area contributed by atoms with Crippen molar-refractivity contribution in [3.63, 3.8) is 0 Å². The van der Waals surface area contributed by atoms with Gasteiger partial charge < -0.3 is 0 Å². The Bertz CT molecular complexity index is 950. The van der Waals surface area contributed by atoms with Gasteiger partial charge in [-0.1, -0.05) is 18.2 Å². The number of carbonyl (C=O) groups is 1. The fraction of sp³-hybridized carbons (Fsp3) is 0.0625. The van der Waals surface area contributed by atoms with Crippen molar-refractivity contribution >= 4 is 39.4 Å². The molecular formula is C16H10BrF3N4OS. The number of hydrogen-bond donors (Lipinski definition) is 1. The number of halogens is 4. The predicted molar refractivity (Wildman–Crippen MR) is 95.6 cm³/mol. The third kappa shape index (κ3) is 4.02. The third-order valence-corrected chi connectivity index (χ3v) is 4.79. The van der Waals surface area contributed by atoms with Crippen LogP contribution in [0.25, 0.3) is 5.69 Å². The molecule has 3 rings (SSSR count). The smallest absolute Gasteiger partial charge is 0.267 e. The number of thiophene rings is 1. The molecule has 26 heavy (non-hydrogen) atoms. The zero-order valence-corrected chi connectivity index (χ0v) is 15.3. The summed E-state index contributed by atoms with van der Waals surface area (Å²) in [4.78, 5) is 12.9. The van der Waals surface area contributed by atoms with Gasteiger partial charge in [0.1, 0.15) is 0 Å². The molecular weight excluding hydrogens is 433 g/mol. The summed E-state index contributed by atoms with van der Waals surface area (Å²) in [6.45, 7) is 0. The zero-order chi connectivity index (χ0) is 18.7. The summed E-state index contributed by atoms with van der Waals surface area (Å²) >= 11 is 4.64. The monoisotopic (exact) mass is 442 g/mol. The molecule has 1 aromatic carbocycles. The maximum Gasteiger partial charge on any atom is 0.434 e. The molecule has 0 unspecified atom stereocenters. The van der Waals surface area contributed by atoms with Crippen LogP contribution in [0, 0.1) is 0 Å². The molecule has 0 aliphatic rings. The number of amides is 1. The summed E-state index contributed by atoms with van der Waals surface area (Å²) in [7, 11) is 0. The number of alkyl halides is 3. The number of nitrogens with zero attached hydrogens (tertiary/aromatic N) is 3. The van der Waals surface area contributed by atoms with Crippen molar-refractivity contribution in [3.05, 3.63) is 68.6 Å². The lowest BCUT2D eigenvalue weighted by atomic mass is 10.2. The Labute approximate surface area is 158 Å². The van der Waals surface area contributed by atoms with Crippen LogP contribution in [0.15, 0.2) is 57.5 Å². The van der Waals surface area contributed by atoms with Crippen LogP contribution in [-0.2, 0) is 6.18 Å². The van der Waals surface area contributed by atoms with E-state index in [1.165, 1.54) is 29.7 Å². The van der Waals surface area contributed by atoms with E-state index in [1.807, 2.05) is 0 Å². The van der Waals surface area contributed by atoms with Crippen molar-refractivity contribution in [2.45, 2.75) is 6.18 Å². The highest BCUT2D eigenvalue weighted by molar-refractivity contribution is 9.11. The fourth-order valence-corrected chi connectivity index (χ4v) is 3.46. The number of rotatable bonds is 4. The van der Waals surface area contributed by atoms with Crippen LogP contribution in [-0.4, -0.2) is 21.9 Å². The highest BCUT2D eigenvalue weighted by Crippen LogP contribution is 2.33. The van der Waals surface area contributed by atoms with E-state index in [2.05, 4.69) is 31.6 Å². The number of carbonyl (C=O) groups excluding carboxylic acids is 1. The van der Waals surface area contributed by atoms with Crippen molar-refractivity contribution < 1.29 is 18.0 Å². The molecule has 5 nitrogen and oxygen atoms in total. The number of benzene rings is 1. The molecule has 1 amide bonds. The first-order chi connectivity index (χ1) is 12.4. The summed E-state index contributed by atoms with van der Waals surface area (Å²) in [6.07, 6.45) is -2.54. The van der Waals surface area contributed by atoms with Gasteiger partial charge in [-0.15, -0.1) is 11.3 Å². The molecule has 10 heteroatoms. The summed E-state index contributed by atoms with van der Waals surface area (Å²) in [6, 6.07) is 11.3. The fourth-order valence-electron chi connectivity index (χ4n) is 2.16. The Kier molecular flexibility index (Phi) is 5.23. The molecule has 2 aromatic heterocycles. The first-order valence-corrected chi connectivity index (χ1v) is 8.76. The Hall–Kier alpha value is -2.46. The Balaban J connectivity index is 1.88. The second kappa shape index (κ2) is 7.42. The summed E-state index contributed by atoms with van der Waals surface area (Å²) in [5, 5.41) is 7.42. The quantitative estimate of drug-likeness (QED) is 0.478. The van der Waals surface area contributed by atoms with Gasteiger partial charge in [0.15, 0.2) is 5.69 Å². The normalized spacial score (nSPS) is 11.8.